The monoisotopic (exact) mass is 269 g/mol. The molecule has 0 aliphatic rings. The highest BCUT2D eigenvalue weighted by molar-refractivity contribution is 8.34. The molecule has 90 valence electrons. The second kappa shape index (κ2) is 4.60. The van der Waals surface area contributed by atoms with Gasteiger partial charge in [-0.05, 0) is 18.4 Å². The summed E-state index contributed by atoms with van der Waals surface area (Å²) in [6.45, 7) is 2.00. The van der Waals surface area contributed by atoms with Crippen molar-refractivity contribution in [2.75, 3.05) is 6.26 Å². The van der Waals surface area contributed by atoms with E-state index in [0.717, 1.165) is 26.7 Å². The van der Waals surface area contributed by atoms with Crippen LogP contribution in [0.1, 0.15) is 5.56 Å². The lowest BCUT2D eigenvalue weighted by Crippen LogP contribution is -2.08. The maximum Gasteiger partial charge on any atom is 0.480 e. The summed E-state index contributed by atoms with van der Waals surface area (Å²) in [5, 5.41) is 1.84. The minimum atomic E-state index is -3.31. The van der Waals surface area contributed by atoms with Gasteiger partial charge in [0, 0.05) is 5.39 Å². The molecule has 0 bridgehead atoms. The first-order valence-corrected chi connectivity index (χ1v) is 8.21. The van der Waals surface area contributed by atoms with Crippen LogP contribution >= 0.6 is 0 Å². The van der Waals surface area contributed by atoms with Crippen LogP contribution in [0.25, 0.3) is 10.8 Å². The molecule has 2 aromatic carbocycles. The third-order valence-corrected chi connectivity index (χ3v) is 4.68. The Morgan fingerprint density at radius 3 is 2.76 bits per heavy atom. The van der Waals surface area contributed by atoms with Crippen LogP contribution in [0.4, 0.5) is 0 Å². The zero-order valence-corrected chi connectivity index (χ0v) is 11.2. The summed E-state index contributed by atoms with van der Waals surface area (Å²) in [7, 11) is -2.51. The summed E-state index contributed by atoms with van der Waals surface area (Å²) in [5.74, 6) is 0.435. The van der Waals surface area contributed by atoms with E-state index in [9.17, 15) is 8.76 Å². The van der Waals surface area contributed by atoms with E-state index in [4.69, 9.17) is 4.18 Å². The lowest BCUT2D eigenvalue weighted by Gasteiger charge is -2.05. The average molecular weight is 269 g/mol. The molecule has 0 saturated carbocycles. The number of hydrogen-bond acceptors (Lipinski definition) is 2. The van der Waals surface area contributed by atoms with Gasteiger partial charge in [0.15, 0.2) is 12.0 Å². The van der Waals surface area contributed by atoms with E-state index < -0.39 is 9.05 Å². The van der Waals surface area contributed by atoms with Crippen LogP contribution < -0.4 is 4.18 Å². The normalized spacial score (nSPS) is 14.3. The highest BCUT2D eigenvalue weighted by atomic mass is 32.9. The minimum Gasteiger partial charge on any atom is -0.350 e. The van der Waals surface area contributed by atoms with Gasteiger partial charge in [0.2, 0.25) is 0 Å². The SMILES string of the molecule is C[S+]=S(=O)(O)Oc1cccc2cc(C)ccc12. The number of fused-ring (bicyclic) bond motifs is 1. The predicted molar refractivity (Wildman–Crippen MR) is 73.4 cm³/mol. The van der Waals surface area contributed by atoms with Gasteiger partial charge in [0.1, 0.15) is 0 Å². The largest absolute Gasteiger partial charge is 0.480 e. The second-order valence-corrected chi connectivity index (χ2v) is 7.28. The summed E-state index contributed by atoms with van der Waals surface area (Å²) in [5.41, 5.74) is 1.14. The molecule has 0 aliphatic carbocycles. The zero-order chi connectivity index (χ0) is 12.5. The van der Waals surface area contributed by atoms with E-state index >= 15 is 0 Å². The van der Waals surface area contributed by atoms with Crippen molar-refractivity contribution in [2.24, 2.45) is 0 Å². The van der Waals surface area contributed by atoms with Gasteiger partial charge in [-0.25, -0.2) is 4.55 Å². The smallest absolute Gasteiger partial charge is 0.350 e. The molecule has 0 saturated heterocycles. The van der Waals surface area contributed by atoms with Gasteiger partial charge in [-0.3, -0.25) is 0 Å². The maximum absolute atomic E-state index is 11.5. The van der Waals surface area contributed by atoms with Crippen molar-refractivity contribution in [1.29, 1.82) is 0 Å². The predicted octanol–water partition coefficient (Wildman–Crippen LogP) is 2.83. The standard InChI is InChI=1S/C12H12O3S2/c1-9-6-7-11-10(8-9)4-3-5-12(11)15-17(13,14)16-2/h3-8H,1-2H3/p+1. The van der Waals surface area contributed by atoms with Crippen molar-refractivity contribution in [3.05, 3.63) is 42.0 Å². The molecule has 1 unspecified atom stereocenters. The Morgan fingerprint density at radius 1 is 1.29 bits per heavy atom. The van der Waals surface area contributed by atoms with Gasteiger partial charge in [0.05, 0.1) is 0 Å². The Morgan fingerprint density at radius 2 is 2.06 bits per heavy atom. The van der Waals surface area contributed by atoms with E-state index in [0.29, 0.717) is 5.75 Å². The van der Waals surface area contributed by atoms with E-state index in [-0.39, 0.29) is 0 Å². The number of rotatable bonds is 2. The average Bonchev–Trinajstić information content (AvgIpc) is 2.28. The van der Waals surface area contributed by atoms with Crippen LogP contribution in [-0.2, 0) is 19.4 Å². The highest BCUT2D eigenvalue weighted by Crippen LogP contribution is 2.27. The molecule has 0 heterocycles. The molecule has 3 nitrogen and oxygen atoms in total. The molecule has 0 radical (unpaired) electrons. The van der Waals surface area contributed by atoms with Crippen LogP contribution in [0.5, 0.6) is 5.75 Å². The molecule has 5 heteroatoms. The summed E-state index contributed by atoms with van der Waals surface area (Å²) in [6, 6.07) is 11.3. The van der Waals surface area contributed by atoms with Crippen molar-refractivity contribution in [3.8, 4) is 5.75 Å². The Labute approximate surface area is 104 Å². The van der Waals surface area contributed by atoms with Crippen molar-refractivity contribution >= 4 is 30.1 Å². The molecule has 0 aliphatic heterocycles. The topological polar surface area (TPSA) is 46.5 Å². The molecule has 2 rings (SSSR count). The Bertz CT molecular complexity index is 671. The molecule has 0 spiro atoms. The molecule has 2 aromatic rings. The fourth-order valence-corrected chi connectivity index (χ4v) is 2.46. The summed E-state index contributed by atoms with van der Waals surface area (Å²) < 4.78 is 26.1. The molecular weight excluding hydrogens is 256 g/mol. The molecular formula is C12H13O3S2+. The van der Waals surface area contributed by atoms with Gasteiger partial charge in [-0.15, -0.1) is 4.21 Å². The zero-order valence-electron chi connectivity index (χ0n) is 9.54. The van der Waals surface area contributed by atoms with E-state index in [1.54, 1.807) is 6.07 Å². The molecule has 1 atom stereocenters. The minimum absolute atomic E-state index is 0.435. The van der Waals surface area contributed by atoms with Crippen molar-refractivity contribution in [3.63, 3.8) is 0 Å². The van der Waals surface area contributed by atoms with Crippen molar-refractivity contribution < 1.29 is 12.9 Å². The first kappa shape index (κ1) is 12.3. The quantitative estimate of drug-likeness (QED) is 0.853. The second-order valence-electron chi connectivity index (χ2n) is 3.66. The van der Waals surface area contributed by atoms with Crippen LogP contribution in [0.15, 0.2) is 36.4 Å². The van der Waals surface area contributed by atoms with E-state index in [2.05, 4.69) is 0 Å². The molecule has 0 aromatic heterocycles. The Kier molecular flexibility index (Phi) is 3.33. The van der Waals surface area contributed by atoms with E-state index in [1.165, 1.54) is 6.26 Å². The fourth-order valence-electron chi connectivity index (χ4n) is 1.59. The third-order valence-electron chi connectivity index (χ3n) is 2.40. The molecule has 0 amide bonds. The molecule has 0 fully saturated rings. The summed E-state index contributed by atoms with van der Waals surface area (Å²) >= 11 is 0. The van der Waals surface area contributed by atoms with Crippen LogP contribution in [0, 0.1) is 6.92 Å². The number of aryl methyl sites for hydroxylation is 1. The fraction of sp³-hybridized carbons (Fsp3) is 0.167. The molecule has 17 heavy (non-hydrogen) atoms. The van der Waals surface area contributed by atoms with Gasteiger partial charge >= 0.3 is 19.4 Å². The van der Waals surface area contributed by atoms with Gasteiger partial charge in [-0.2, -0.15) is 0 Å². The van der Waals surface area contributed by atoms with Crippen LogP contribution in [0.3, 0.4) is 0 Å². The third kappa shape index (κ3) is 2.74. The van der Waals surface area contributed by atoms with Crippen LogP contribution in [-0.4, -0.2) is 15.0 Å². The number of benzene rings is 2. The van der Waals surface area contributed by atoms with Crippen molar-refractivity contribution in [2.45, 2.75) is 6.92 Å². The first-order chi connectivity index (χ1) is 8.02. The van der Waals surface area contributed by atoms with Crippen LogP contribution in [0.2, 0.25) is 0 Å². The maximum atomic E-state index is 11.5. The summed E-state index contributed by atoms with van der Waals surface area (Å²) in [6.07, 6.45) is 1.54. The Balaban J connectivity index is 2.60. The number of hydrogen-bond donors (Lipinski definition) is 1. The van der Waals surface area contributed by atoms with Crippen molar-refractivity contribution in [1.82, 2.24) is 0 Å². The highest BCUT2D eigenvalue weighted by Gasteiger charge is 2.15. The molecule has 1 N–H and O–H groups in total. The summed E-state index contributed by atoms with van der Waals surface area (Å²) in [4.78, 5) is 0. The lowest BCUT2D eigenvalue weighted by atomic mass is 10.1. The van der Waals surface area contributed by atoms with Gasteiger partial charge < -0.3 is 4.18 Å². The van der Waals surface area contributed by atoms with Gasteiger partial charge in [-0.1, -0.05) is 35.9 Å². The van der Waals surface area contributed by atoms with E-state index in [1.807, 2.05) is 37.3 Å². The first-order valence-electron chi connectivity index (χ1n) is 5.03. The Hall–Kier alpha value is -1.17. The lowest BCUT2D eigenvalue weighted by molar-refractivity contribution is 0.456. The van der Waals surface area contributed by atoms with Gasteiger partial charge in [0.25, 0.3) is 0 Å².